The summed E-state index contributed by atoms with van der Waals surface area (Å²) in [6.45, 7) is 3.70. The summed E-state index contributed by atoms with van der Waals surface area (Å²) in [5.74, 6) is -0.476. The molecule has 98 valence electrons. The summed E-state index contributed by atoms with van der Waals surface area (Å²) in [6.07, 6.45) is 0.538. The highest BCUT2D eigenvalue weighted by Crippen LogP contribution is 2.29. The summed E-state index contributed by atoms with van der Waals surface area (Å²) in [6, 6.07) is 3.91. The van der Waals surface area contributed by atoms with E-state index in [-0.39, 0.29) is 23.1 Å². The van der Waals surface area contributed by atoms with Crippen LogP contribution in [0.1, 0.15) is 30.6 Å². The fourth-order valence-electron chi connectivity index (χ4n) is 1.30. The molecule has 6 heteroatoms. The van der Waals surface area contributed by atoms with E-state index in [0.29, 0.717) is 6.42 Å². The molecule has 1 unspecified atom stereocenters. The maximum atomic E-state index is 11.4. The molecule has 0 aromatic heterocycles. The van der Waals surface area contributed by atoms with Gasteiger partial charge >= 0.3 is 11.7 Å². The van der Waals surface area contributed by atoms with E-state index in [0.717, 1.165) is 0 Å². The summed E-state index contributed by atoms with van der Waals surface area (Å²) < 4.78 is 10.0. The van der Waals surface area contributed by atoms with E-state index in [4.69, 9.17) is 4.74 Å². The van der Waals surface area contributed by atoms with Crippen LogP contribution in [0.25, 0.3) is 0 Å². The van der Waals surface area contributed by atoms with Gasteiger partial charge in [0.05, 0.1) is 23.7 Å². The Balaban J connectivity index is 3.15. The van der Waals surface area contributed by atoms with E-state index < -0.39 is 10.9 Å². The van der Waals surface area contributed by atoms with E-state index in [1.54, 1.807) is 6.92 Å². The van der Waals surface area contributed by atoms with Crippen LogP contribution in [0.3, 0.4) is 0 Å². The Hall–Kier alpha value is -2.11. The van der Waals surface area contributed by atoms with Gasteiger partial charge in [0, 0.05) is 12.1 Å². The fraction of sp³-hybridized carbons (Fsp3) is 0.417. The Morgan fingerprint density at radius 2 is 2.17 bits per heavy atom. The van der Waals surface area contributed by atoms with Crippen LogP contribution in [0.5, 0.6) is 5.75 Å². The highest BCUT2D eigenvalue weighted by Gasteiger charge is 2.19. The van der Waals surface area contributed by atoms with Crippen molar-refractivity contribution in [2.45, 2.75) is 26.4 Å². The molecule has 0 saturated heterocycles. The Kier molecular flexibility index (Phi) is 4.65. The zero-order valence-electron chi connectivity index (χ0n) is 10.5. The lowest BCUT2D eigenvalue weighted by Gasteiger charge is -2.13. The average Bonchev–Trinajstić information content (AvgIpc) is 2.37. The second-order valence-electron chi connectivity index (χ2n) is 3.77. The van der Waals surface area contributed by atoms with Crippen molar-refractivity contribution < 1.29 is 19.2 Å². The summed E-state index contributed by atoms with van der Waals surface area (Å²) in [5, 5.41) is 10.9. The molecule has 1 rings (SSSR count). The lowest BCUT2D eigenvalue weighted by Crippen LogP contribution is -2.12. The second kappa shape index (κ2) is 6.00. The summed E-state index contributed by atoms with van der Waals surface area (Å²) in [4.78, 5) is 21.7. The smallest absolute Gasteiger partial charge is 0.337 e. The fourth-order valence-corrected chi connectivity index (χ4v) is 1.30. The number of esters is 1. The van der Waals surface area contributed by atoms with Gasteiger partial charge in [0.1, 0.15) is 0 Å². The number of rotatable bonds is 5. The molecule has 0 radical (unpaired) electrons. The number of hydrogen-bond donors (Lipinski definition) is 0. The molecule has 0 fully saturated rings. The van der Waals surface area contributed by atoms with Crippen molar-refractivity contribution in [3.05, 3.63) is 33.9 Å². The maximum Gasteiger partial charge on any atom is 0.337 e. The quantitative estimate of drug-likeness (QED) is 0.457. The Labute approximate surface area is 105 Å². The summed E-state index contributed by atoms with van der Waals surface area (Å²) in [5.41, 5.74) is 0.0596. The molecule has 1 atom stereocenters. The largest absolute Gasteiger partial charge is 0.484 e. The van der Waals surface area contributed by atoms with Gasteiger partial charge in [-0.2, -0.15) is 0 Å². The van der Waals surface area contributed by atoms with Crippen LogP contribution in [-0.2, 0) is 4.74 Å². The molecule has 0 saturated carbocycles. The highest BCUT2D eigenvalue weighted by molar-refractivity contribution is 5.90. The highest BCUT2D eigenvalue weighted by atomic mass is 16.6. The molecule has 18 heavy (non-hydrogen) atoms. The lowest BCUT2D eigenvalue weighted by molar-refractivity contribution is -0.386. The van der Waals surface area contributed by atoms with Crippen molar-refractivity contribution in [3.8, 4) is 5.75 Å². The zero-order valence-corrected chi connectivity index (χ0v) is 10.5. The zero-order chi connectivity index (χ0) is 13.7. The SMILES string of the molecule is CCC(C)Oc1cc(C(=O)OC)ccc1[N+](=O)[O-]. The van der Waals surface area contributed by atoms with Crippen molar-refractivity contribution >= 4 is 11.7 Å². The Bertz CT molecular complexity index is 458. The van der Waals surface area contributed by atoms with Crippen LogP contribution in [-0.4, -0.2) is 24.1 Å². The normalized spacial score (nSPS) is 11.7. The molecule has 1 aromatic carbocycles. The topological polar surface area (TPSA) is 78.7 Å². The van der Waals surface area contributed by atoms with Crippen LogP contribution >= 0.6 is 0 Å². The lowest BCUT2D eigenvalue weighted by atomic mass is 10.2. The van der Waals surface area contributed by atoms with Crippen molar-refractivity contribution in [1.29, 1.82) is 0 Å². The number of benzene rings is 1. The van der Waals surface area contributed by atoms with Gasteiger partial charge in [-0.25, -0.2) is 4.79 Å². The number of nitro groups is 1. The number of ether oxygens (including phenoxy) is 2. The van der Waals surface area contributed by atoms with Crippen LogP contribution in [0.15, 0.2) is 18.2 Å². The molecule has 0 N–H and O–H groups in total. The van der Waals surface area contributed by atoms with Gasteiger partial charge in [0.15, 0.2) is 5.75 Å². The van der Waals surface area contributed by atoms with Gasteiger partial charge in [-0.1, -0.05) is 6.92 Å². The molecule has 0 heterocycles. The van der Waals surface area contributed by atoms with E-state index >= 15 is 0 Å². The van der Waals surface area contributed by atoms with E-state index in [1.807, 2.05) is 6.92 Å². The molecule has 0 bridgehead atoms. The molecule has 1 aromatic rings. The van der Waals surface area contributed by atoms with E-state index in [1.165, 1.54) is 25.3 Å². The monoisotopic (exact) mass is 253 g/mol. The average molecular weight is 253 g/mol. The minimum absolute atomic E-state index is 0.0808. The van der Waals surface area contributed by atoms with Crippen LogP contribution in [0.2, 0.25) is 0 Å². The minimum Gasteiger partial charge on any atom is -0.484 e. The van der Waals surface area contributed by atoms with Gasteiger partial charge in [0.2, 0.25) is 0 Å². The van der Waals surface area contributed by atoms with Crippen molar-refractivity contribution in [1.82, 2.24) is 0 Å². The van der Waals surface area contributed by atoms with Crippen molar-refractivity contribution in [2.24, 2.45) is 0 Å². The molecule has 6 nitrogen and oxygen atoms in total. The standard InChI is InChI=1S/C12H15NO5/c1-4-8(2)18-11-7-9(12(14)17-3)5-6-10(11)13(15)16/h5-8H,4H2,1-3H3. The second-order valence-corrected chi connectivity index (χ2v) is 3.77. The number of nitrogens with zero attached hydrogens (tertiary/aromatic N) is 1. The molecule has 0 spiro atoms. The third kappa shape index (κ3) is 3.19. The third-order valence-electron chi connectivity index (χ3n) is 2.48. The Morgan fingerprint density at radius 1 is 1.50 bits per heavy atom. The molecular formula is C12H15NO5. The molecule has 0 aliphatic rings. The van der Waals surface area contributed by atoms with Crippen molar-refractivity contribution in [3.63, 3.8) is 0 Å². The van der Waals surface area contributed by atoms with Crippen LogP contribution < -0.4 is 4.74 Å². The predicted octanol–water partition coefficient (Wildman–Crippen LogP) is 2.56. The van der Waals surface area contributed by atoms with Crippen LogP contribution in [0.4, 0.5) is 5.69 Å². The molecule has 0 aliphatic carbocycles. The first-order chi connectivity index (χ1) is 8.49. The molecule has 0 amide bonds. The van der Waals surface area contributed by atoms with Crippen molar-refractivity contribution in [2.75, 3.05) is 7.11 Å². The molecular weight excluding hydrogens is 238 g/mol. The number of carbonyl (C=O) groups excluding carboxylic acids is 1. The summed E-state index contributed by atoms with van der Waals surface area (Å²) >= 11 is 0. The van der Waals surface area contributed by atoms with E-state index in [2.05, 4.69) is 4.74 Å². The van der Waals surface area contributed by atoms with Gasteiger partial charge in [-0.3, -0.25) is 10.1 Å². The van der Waals surface area contributed by atoms with Crippen LogP contribution in [0, 0.1) is 10.1 Å². The number of methoxy groups -OCH3 is 1. The van der Waals surface area contributed by atoms with Gasteiger partial charge < -0.3 is 9.47 Å². The minimum atomic E-state index is -0.557. The Morgan fingerprint density at radius 3 is 2.67 bits per heavy atom. The van der Waals surface area contributed by atoms with Gasteiger partial charge in [-0.05, 0) is 19.4 Å². The van der Waals surface area contributed by atoms with Gasteiger partial charge in [-0.15, -0.1) is 0 Å². The first-order valence-electron chi connectivity index (χ1n) is 5.53. The first kappa shape index (κ1) is 14.0. The summed E-state index contributed by atoms with van der Waals surface area (Å²) in [7, 11) is 1.25. The van der Waals surface area contributed by atoms with E-state index in [9.17, 15) is 14.9 Å². The predicted molar refractivity (Wildman–Crippen MR) is 64.8 cm³/mol. The maximum absolute atomic E-state index is 11.4. The number of carbonyl (C=O) groups is 1. The number of hydrogen-bond acceptors (Lipinski definition) is 5. The van der Waals surface area contributed by atoms with Gasteiger partial charge in [0.25, 0.3) is 0 Å². The molecule has 0 aliphatic heterocycles. The number of nitro benzene ring substituents is 1. The third-order valence-corrected chi connectivity index (χ3v) is 2.48. The first-order valence-corrected chi connectivity index (χ1v) is 5.53.